The number of hydrogen-bond acceptors (Lipinski definition) is 5. The molecule has 1 fully saturated rings. The highest BCUT2D eigenvalue weighted by Crippen LogP contribution is 2.28. The topological polar surface area (TPSA) is 108 Å². The first-order chi connectivity index (χ1) is 14.6. The van der Waals surface area contributed by atoms with Gasteiger partial charge in [0.2, 0.25) is 10.0 Å². The van der Waals surface area contributed by atoms with E-state index in [1.54, 1.807) is 30.7 Å². The molecular formula is C22H29N5O3S. The first-order valence-electron chi connectivity index (χ1n) is 10.5. The maximum absolute atomic E-state index is 13.3. The van der Waals surface area contributed by atoms with Gasteiger partial charge in [-0.15, -0.1) is 0 Å². The van der Waals surface area contributed by atoms with Crippen molar-refractivity contribution in [2.24, 2.45) is 5.92 Å². The number of hydrogen-bond donors (Lipinski definition) is 1. The third-order valence-electron chi connectivity index (χ3n) is 5.82. The fourth-order valence-electron chi connectivity index (χ4n) is 3.75. The van der Waals surface area contributed by atoms with Crippen molar-refractivity contribution in [1.29, 1.82) is 5.26 Å². The average Bonchev–Trinajstić information content (AvgIpc) is 3.07. The van der Waals surface area contributed by atoms with Crippen LogP contribution in [0.4, 0.5) is 5.82 Å². The molecular weight excluding hydrogens is 414 g/mol. The van der Waals surface area contributed by atoms with Gasteiger partial charge in [0.1, 0.15) is 5.82 Å². The van der Waals surface area contributed by atoms with Crippen molar-refractivity contribution in [2.75, 3.05) is 18.4 Å². The summed E-state index contributed by atoms with van der Waals surface area (Å²) < 4.78 is 29.7. The number of nitriles is 1. The molecule has 1 aromatic carbocycles. The van der Waals surface area contributed by atoms with E-state index in [1.807, 2.05) is 6.92 Å². The highest BCUT2D eigenvalue weighted by molar-refractivity contribution is 7.89. The lowest BCUT2D eigenvalue weighted by Crippen LogP contribution is -2.38. The summed E-state index contributed by atoms with van der Waals surface area (Å²) in [6.45, 7) is 8.87. The minimum atomic E-state index is -3.68. The fraction of sp³-hybridized carbons (Fsp3) is 0.500. The largest absolute Gasteiger partial charge is 0.307 e. The predicted octanol–water partition coefficient (Wildman–Crippen LogP) is 3.39. The molecule has 0 atom stereocenters. The van der Waals surface area contributed by atoms with Crippen molar-refractivity contribution in [1.82, 2.24) is 14.1 Å². The summed E-state index contributed by atoms with van der Waals surface area (Å²) in [6, 6.07) is 6.95. The van der Waals surface area contributed by atoms with Gasteiger partial charge in [0.25, 0.3) is 5.91 Å². The molecule has 1 amide bonds. The van der Waals surface area contributed by atoms with Gasteiger partial charge in [0.05, 0.1) is 29.6 Å². The van der Waals surface area contributed by atoms with Crippen molar-refractivity contribution < 1.29 is 13.2 Å². The lowest BCUT2D eigenvalue weighted by atomic mass is 10.0. The van der Waals surface area contributed by atoms with Crippen LogP contribution in [0.3, 0.4) is 0 Å². The van der Waals surface area contributed by atoms with Gasteiger partial charge in [-0.25, -0.2) is 13.1 Å². The quantitative estimate of drug-likeness (QED) is 0.736. The Hall–Kier alpha value is -2.70. The normalized spacial score (nSPS) is 15.6. The average molecular weight is 444 g/mol. The van der Waals surface area contributed by atoms with Crippen molar-refractivity contribution >= 4 is 21.7 Å². The van der Waals surface area contributed by atoms with E-state index in [0.717, 1.165) is 24.1 Å². The van der Waals surface area contributed by atoms with Crippen molar-refractivity contribution in [3.05, 3.63) is 40.6 Å². The molecule has 2 aromatic rings. The SMILES string of the molecule is Cc1cc(NC(=O)c2cc(C)c(C)c(S(=O)(=O)N3CCC(C)CC3)c2)n(CCC#N)n1. The number of piperidine rings is 1. The smallest absolute Gasteiger partial charge is 0.256 e. The van der Waals surface area contributed by atoms with Gasteiger partial charge in [-0.3, -0.25) is 4.79 Å². The van der Waals surface area contributed by atoms with E-state index in [-0.39, 0.29) is 16.9 Å². The minimum absolute atomic E-state index is 0.182. The number of aromatic nitrogens is 2. The van der Waals surface area contributed by atoms with Crippen LogP contribution in [-0.2, 0) is 16.6 Å². The summed E-state index contributed by atoms with van der Waals surface area (Å²) in [5, 5.41) is 15.9. The molecule has 0 spiro atoms. The highest BCUT2D eigenvalue weighted by Gasteiger charge is 2.30. The summed E-state index contributed by atoms with van der Waals surface area (Å²) in [4.78, 5) is 13.2. The molecule has 166 valence electrons. The summed E-state index contributed by atoms with van der Waals surface area (Å²) in [5.74, 6) is 0.580. The zero-order valence-corrected chi connectivity index (χ0v) is 19.3. The van der Waals surface area contributed by atoms with Crippen LogP contribution < -0.4 is 5.32 Å². The summed E-state index contributed by atoms with van der Waals surface area (Å²) in [5.41, 5.74) is 2.39. The van der Waals surface area contributed by atoms with E-state index in [0.29, 0.717) is 36.9 Å². The maximum Gasteiger partial charge on any atom is 0.256 e. The van der Waals surface area contributed by atoms with Crippen LogP contribution in [0, 0.1) is 38.0 Å². The number of amides is 1. The van der Waals surface area contributed by atoms with E-state index in [9.17, 15) is 13.2 Å². The molecule has 1 aliphatic rings. The molecule has 1 N–H and O–H groups in total. The standard InChI is InChI=1S/C22H29N5O3S/c1-15-6-10-26(11-7-15)31(29,30)20-14-19(12-16(2)18(20)4)22(28)24-21-13-17(3)25-27(21)9-5-8-23/h12-15H,5-7,9-11H2,1-4H3,(H,24,28). The van der Waals surface area contributed by atoms with Crippen molar-refractivity contribution in [2.45, 2.75) is 58.4 Å². The Morgan fingerprint density at radius 3 is 2.55 bits per heavy atom. The Morgan fingerprint density at radius 2 is 1.90 bits per heavy atom. The molecule has 9 heteroatoms. The molecule has 1 aromatic heterocycles. The molecule has 0 radical (unpaired) electrons. The molecule has 31 heavy (non-hydrogen) atoms. The molecule has 3 rings (SSSR count). The fourth-order valence-corrected chi connectivity index (χ4v) is 5.54. The number of anilines is 1. The maximum atomic E-state index is 13.3. The number of carbonyl (C=O) groups is 1. The Morgan fingerprint density at radius 1 is 1.23 bits per heavy atom. The minimum Gasteiger partial charge on any atom is -0.307 e. The summed E-state index contributed by atoms with van der Waals surface area (Å²) in [7, 11) is -3.68. The molecule has 0 saturated carbocycles. The number of aryl methyl sites for hydroxylation is 3. The number of nitrogens with zero attached hydrogens (tertiary/aromatic N) is 4. The van der Waals surface area contributed by atoms with Gasteiger partial charge in [-0.2, -0.15) is 14.7 Å². The van der Waals surface area contributed by atoms with Gasteiger partial charge < -0.3 is 5.32 Å². The van der Waals surface area contributed by atoms with Gasteiger partial charge in [-0.05, 0) is 62.8 Å². The number of benzene rings is 1. The van der Waals surface area contributed by atoms with Crippen LogP contribution >= 0.6 is 0 Å². The van der Waals surface area contributed by atoms with Crippen LogP contribution in [-0.4, -0.2) is 41.5 Å². The molecule has 1 saturated heterocycles. The first-order valence-corrected chi connectivity index (χ1v) is 11.9. The van der Waals surface area contributed by atoms with E-state index in [1.165, 1.54) is 10.4 Å². The number of rotatable bonds is 6. The molecule has 0 aliphatic carbocycles. The van der Waals surface area contributed by atoms with E-state index >= 15 is 0 Å². The van der Waals surface area contributed by atoms with Crippen LogP contribution in [0.1, 0.15) is 53.4 Å². The predicted molar refractivity (Wildman–Crippen MR) is 118 cm³/mol. The third kappa shape index (κ3) is 4.97. The monoisotopic (exact) mass is 443 g/mol. The second kappa shape index (κ2) is 9.20. The Balaban J connectivity index is 1.91. The summed E-state index contributed by atoms with van der Waals surface area (Å²) in [6.07, 6.45) is 1.94. The third-order valence-corrected chi connectivity index (χ3v) is 7.85. The van der Waals surface area contributed by atoms with E-state index in [2.05, 4.69) is 23.4 Å². The van der Waals surface area contributed by atoms with Crippen molar-refractivity contribution in [3.8, 4) is 6.07 Å². The van der Waals surface area contributed by atoms with E-state index in [4.69, 9.17) is 5.26 Å². The van der Waals surface area contributed by atoms with Crippen LogP contribution in [0.2, 0.25) is 0 Å². The van der Waals surface area contributed by atoms with Crippen LogP contribution in [0.25, 0.3) is 0 Å². The second-order valence-electron chi connectivity index (χ2n) is 8.26. The van der Waals surface area contributed by atoms with E-state index < -0.39 is 15.9 Å². The van der Waals surface area contributed by atoms with Gasteiger partial charge >= 0.3 is 0 Å². The molecule has 2 heterocycles. The molecule has 1 aliphatic heterocycles. The molecule has 0 bridgehead atoms. The van der Waals surface area contributed by atoms with Gasteiger partial charge in [-0.1, -0.05) is 6.92 Å². The van der Waals surface area contributed by atoms with Crippen LogP contribution in [0.15, 0.2) is 23.1 Å². The summed E-state index contributed by atoms with van der Waals surface area (Å²) >= 11 is 0. The Bertz CT molecular complexity index is 1120. The number of nitrogens with one attached hydrogen (secondary N) is 1. The lowest BCUT2D eigenvalue weighted by molar-refractivity contribution is 0.102. The lowest BCUT2D eigenvalue weighted by Gasteiger charge is -2.30. The van der Waals surface area contributed by atoms with Gasteiger partial charge in [0.15, 0.2) is 0 Å². The zero-order valence-electron chi connectivity index (χ0n) is 18.5. The second-order valence-corrected chi connectivity index (χ2v) is 10.2. The Labute approximate surface area is 183 Å². The number of carbonyl (C=O) groups excluding carboxylic acids is 1. The highest BCUT2D eigenvalue weighted by atomic mass is 32.2. The Kier molecular flexibility index (Phi) is 6.82. The van der Waals surface area contributed by atoms with Crippen molar-refractivity contribution in [3.63, 3.8) is 0 Å². The molecule has 8 nitrogen and oxygen atoms in total. The van der Waals surface area contributed by atoms with Crippen LogP contribution in [0.5, 0.6) is 0 Å². The first kappa shape index (κ1) is 23.0. The van der Waals surface area contributed by atoms with Gasteiger partial charge in [0, 0.05) is 24.7 Å². The zero-order chi connectivity index (χ0) is 22.8. The molecule has 0 unspecified atom stereocenters. The number of sulfonamides is 1.